The molecule has 1 saturated heterocycles. The van der Waals surface area contributed by atoms with E-state index >= 15 is 0 Å². The highest BCUT2D eigenvalue weighted by molar-refractivity contribution is 5.84. The lowest BCUT2D eigenvalue weighted by molar-refractivity contribution is 0.0690. The molecular weight excluding hydrogens is 262 g/mol. The van der Waals surface area contributed by atoms with Crippen LogP contribution >= 0.6 is 0 Å². The van der Waals surface area contributed by atoms with Gasteiger partial charge >= 0.3 is 5.97 Å². The zero-order valence-electron chi connectivity index (χ0n) is 10.6. The normalized spacial score (nSPS) is 19.0. The highest BCUT2D eigenvalue weighted by Gasteiger charge is 2.25. The fraction of sp³-hybridized carbons (Fsp3) is 0.455. The molecule has 0 aliphatic carbocycles. The van der Waals surface area contributed by atoms with Crippen LogP contribution in [0.15, 0.2) is 12.4 Å². The molecule has 0 amide bonds. The van der Waals surface area contributed by atoms with Crippen LogP contribution in [-0.4, -0.2) is 54.8 Å². The molecule has 9 nitrogen and oxygen atoms in total. The van der Waals surface area contributed by atoms with E-state index in [-0.39, 0.29) is 11.6 Å². The number of hydrogen-bond acceptors (Lipinski definition) is 7. The first-order valence-corrected chi connectivity index (χ1v) is 6.27. The molecule has 0 aromatic carbocycles. The molecular formula is C11H13N7O2. The fourth-order valence-corrected chi connectivity index (χ4v) is 2.33. The minimum atomic E-state index is -1.08. The molecule has 0 bridgehead atoms. The van der Waals surface area contributed by atoms with E-state index in [4.69, 9.17) is 5.11 Å². The summed E-state index contributed by atoms with van der Waals surface area (Å²) in [7, 11) is 0. The molecule has 1 atom stereocenters. The van der Waals surface area contributed by atoms with Crippen LogP contribution in [0.5, 0.6) is 0 Å². The maximum Gasteiger partial charge on any atom is 0.356 e. The van der Waals surface area contributed by atoms with Crippen LogP contribution in [0, 0.1) is 0 Å². The number of piperidine rings is 1. The fourth-order valence-electron chi connectivity index (χ4n) is 2.33. The molecule has 2 aromatic rings. The minimum absolute atomic E-state index is 0.0551. The summed E-state index contributed by atoms with van der Waals surface area (Å²) in [5, 5.41) is 22.9. The number of aromatic amines is 1. The van der Waals surface area contributed by atoms with Crippen molar-refractivity contribution in [2.45, 2.75) is 18.8 Å². The quantitative estimate of drug-likeness (QED) is 0.807. The zero-order chi connectivity index (χ0) is 13.9. The molecule has 1 fully saturated rings. The molecule has 0 spiro atoms. The number of rotatable bonds is 3. The Balaban J connectivity index is 1.75. The van der Waals surface area contributed by atoms with E-state index < -0.39 is 5.97 Å². The van der Waals surface area contributed by atoms with Crippen molar-refractivity contribution in [2.24, 2.45) is 0 Å². The van der Waals surface area contributed by atoms with Crippen LogP contribution in [0.2, 0.25) is 0 Å². The average molecular weight is 275 g/mol. The Kier molecular flexibility index (Phi) is 3.23. The van der Waals surface area contributed by atoms with Crippen molar-refractivity contribution in [3.63, 3.8) is 0 Å². The van der Waals surface area contributed by atoms with Gasteiger partial charge in [0.2, 0.25) is 0 Å². The van der Waals surface area contributed by atoms with Crippen molar-refractivity contribution in [3.05, 3.63) is 23.9 Å². The highest BCUT2D eigenvalue weighted by atomic mass is 16.4. The number of carbonyl (C=O) groups is 1. The third kappa shape index (κ3) is 2.42. The Morgan fingerprint density at radius 1 is 1.40 bits per heavy atom. The summed E-state index contributed by atoms with van der Waals surface area (Å²) in [6.45, 7) is 1.58. The molecule has 9 heteroatoms. The average Bonchev–Trinajstić information content (AvgIpc) is 3.02. The number of nitrogens with one attached hydrogen (secondary N) is 1. The van der Waals surface area contributed by atoms with Crippen LogP contribution in [0.3, 0.4) is 0 Å². The van der Waals surface area contributed by atoms with Crippen LogP contribution in [0.1, 0.15) is 35.1 Å². The molecule has 0 radical (unpaired) electrons. The number of hydrogen-bond donors (Lipinski definition) is 2. The minimum Gasteiger partial charge on any atom is -0.476 e. The van der Waals surface area contributed by atoms with Gasteiger partial charge in [-0.25, -0.2) is 14.8 Å². The Morgan fingerprint density at radius 2 is 2.30 bits per heavy atom. The van der Waals surface area contributed by atoms with E-state index in [1.54, 1.807) is 0 Å². The predicted octanol–water partition coefficient (Wildman–Crippen LogP) is 0.0719. The Labute approximate surface area is 114 Å². The Bertz CT molecular complexity index is 583. The van der Waals surface area contributed by atoms with Crippen LogP contribution < -0.4 is 4.90 Å². The van der Waals surface area contributed by atoms with E-state index in [9.17, 15) is 4.79 Å². The summed E-state index contributed by atoms with van der Waals surface area (Å²) in [6.07, 6.45) is 4.75. The maximum absolute atomic E-state index is 10.8. The van der Waals surface area contributed by atoms with Crippen LogP contribution in [-0.2, 0) is 0 Å². The Hall–Kier alpha value is -2.58. The molecule has 3 rings (SSSR count). The zero-order valence-corrected chi connectivity index (χ0v) is 10.6. The first kappa shape index (κ1) is 12.5. The van der Waals surface area contributed by atoms with E-state index in [1.807, 2.05) is 0 Å². The lowest BCUT2D eigenvalue weighted by Crippen LogP contribution is -2.35. The van der Waals surface area contributed by atoms with Gasteiger partial charge in [-0.3, -0.25) is 0 Å². The molecule has 2 N–H and O–H groups in total. The smallest absolute Gasteiger partial charge is 0.356 e. The second-order valence-electron chi connectivity index (χ2n) is 4.62. The topological polar surface area (TPSA) is 121 Å². The molecule has 3 heterocycles. The van der Waals surface area contributed by atoms with Crippen molar-refractivity contribution >= 4 is 11.8 Å². The number of carboxylic acid groups (broad SMARTS) is 1. The number of nitrogens with zero attached hydrogens (tertiary/aromatic N) is 6. The van der Waals surface area contributed by atoms with Crippen molar-refractivity contribution in [1.82, 2.24) is 30.6 Å². The van der Waals surface area contributed by atoms with Gasteiger partial charge in [-0.05, 0) is 12.8 Å². The second-order valence-corrected chi connectivity index (χ2v) is 4.62. The number of aromatic carboxylic acids is 1. The van der Waals surface area contributed by atoms with Gasteiger partial charge in [0.15, 0.2) is 11.5 Å². The number of tetrazole rings is 1. The van der Waals surface area contributed by atoms with Gasteiger partial charge in [0.25, 0.3) is 0 Å². The van der Waals surface area contributed by atoms with Gasteiger partial charge in [0.05, 0.1) is 12.4 Å². The molecule has 0 unspecified atom stereocenters. The summed E-state index contributed by atoms with van der Waals surface area (Å²) in [5.74, 6) is 0.490. The SMILES string of the molecule is O=C(O)c1cnc(N2CCC[C@@H](c3nn[nH]n3)C2)cn1. The number of carboxylic acids is 1. The monoisotopic (exact) mass is 275 g/mol. The van der Waals surface area contributed by atoms with Gasteiger partial charge in [0, 0.05) is 19.0 Å². The van der Waals surface area contributed by atoms with Crippen molar-refractivity contribution in [2.75, 3.05) is 18.0 Å². The molecule has 0 saturated carbocycles. The molecule has 2 aromatic heterocycles. The lowest BCUT2D eigenvalue weighted by Gasteiger charge is -2.31. The molecule has 1 aliphatic heterocycles. The number of H-pyrrole nitrogens is 1. The van der Waals surface area contributed by atoms with Gasteiger partial charge < -0.3 is 10.0 Å². The van der Waals surface area contributed by atoms with E-state index in [0.29, 0.717) is 11.6 Å². The van der Waals surface area contributed by atoms with Gasteiger partial charge in [-0.1, -0.05) is 5.21 Å². The van der Waals surface area contributed by atoms with E-state index in [0.717, 1.165) is 25.9 Å². The summed E-state index contributed by atoms with van der Waals surface area (Å²) in [6, 6.07) is 0. The molecule has 20 heavy (non-hydrogen) atoms. The first-order chi connectivity index (χ1) is 9.74. The molecule has 104 valence electrons. The Morgan fingerprint density at radius 3 is 2.95 bits per heavy atom. The van der Waals surface area contributed by atoms with Gasteiger partial charge in [-0.15, -0.1) is 10.2 Å². The highest BCUT2D eigenvalue weighted by Crippen LogP contribution is 2.26. The third-order valence-electron chi connectivity index (χ3n) is 3.33. The lowest BCUT2D eigenvalue weighted by atomic mass is 9.97. The summed E-state index contributed by atoms with van der Waals surface area (Å²) >= 11 is 0. The second kappa shape index (κ2) is 5.19. The largest absolute Gasteiger partial charge is 0.476 e. The summed E-state index contributed by atoms with van der Waals surface area (Å²) in [4.78, 5) is 20.9. The van der Waals surface area contributed by atoms with E-state index in [2.05, 4.69) is 35.5 Å². The van der Waals surface area contributed by atoms with E-state index in [1.165, 1.54) is 12.4 Å². The maximum atomic E-state index is 10.8. The van der Waals surface area contributed by atoms with Gasteiger partial charge in [-0.2, -0.15) is 5.21 Å². The summed E-state index contributed by atoms with van der Waals surface area (Å²) in [5.41, 5.74) is -0.0551. The summed E-state index contributed by atoms with van der Waals surface area (Å²) < 4.78 is 0. The first-order valence-electron chi connectivity index (χ1n) is 6.27. The predicted molar refractivity (Wildman–Crippen MR) is 67.4 cm³/mol. The van der Waals surface area contributed by atoms with Crippen LogP contribution in [0.25, 0.3) is 0 Å². The van der Waals surface area contributed by atoms with Gasteiger partial charge in [0.1, 0.15) is 5.82 Å². The van der Waals surface area contributed by atoms with Crippen LogP contribution in [0.4, 0.5) is 5.82 Å². The van der Waals surface area contributed by atoms with Crippen molar-refractivity contribution in [1.29, 1.82) is 0 Å². The standard InChI is InChI=1S/C11H13N7O2/c19-11(20)8-4-13-9(5-12-8)18-3-1-2-7(6-18)10-14-16-17-15-10/h4-5,7H,1-3,6H2,(H,19,20)(H,14,15,16,17)/t7-/m1/s1. The van der Waals surface area contributed by atoms with Crippen molar-refractivity contribution in [3.8, 4) is 0 Å². The number of anilines is 1. The third-order valence-corrected chi connectivity index (χ3v) is 3.33. The van der Waals surface area contributed by atoms with Crippen molar-refractivity contribution < 1.29 is 9.90 Å². The molecule has 1 aliphatic rings. The number of aromatic nitrogens is 6.